The number of nitrogens with zero attached hydrogens (tertiary/aromatic N) is 1. The molecule has 4 aromatic carbocycles. The van der Waals surface area contributed by atoms with Crippen LogP contribution < -0.4 is 0 Å². The van der Waals surface area contributed by atoms with Gasteiger partial charge in [0.1, 0.15) is 5.60 Å². The molecule has 0 atom stereocenters. The quantitative estimate of drug-likeness (QED) is 0.167. The summed E-state index contributed by atoms with van der Waals surface area (Å²) < 4.78 is 7.16. The Labute approximate surface area is 189 Å². The first-order valence-electron chi connectivity index (χ1n) is 9.84. The fourth-order valence-corrected chi connectivity index (χ4v) is 4.14. The Hall–Kier alpha value is -3.28. The number of nitro benzene ring substituents is 1. The number of halogens is 1. The number of hydrogen-bond donors (Lipinski definition) is 0. The second-order valence-corrected chi connectivity index (χ2v) is 7.97. The van der Waals surface area contributed by atoms with Gasteiger partial charge in [0, 0.05) is 6.07 Å². The maximum absolute atomic E-state index is 11.4. The molecular weight excluding hydrogens is 454 g/mol. The van der Waals surface area contributed by atoms with Crippen LogP contribution in [-0.2, 0) is 16.9 Å². The first kappa shape index (κ1) is 21.0. The van der Waals surface area contributed by atoms with Gasteiger partial charge in [-0.1, -0.05) is 97.1 Å². The maximum Gasteiger partial charge on any atom is 0.283 e. The topological polar surface area (TPSA) is 52.4 Å². The van der Waals surface area contributed by atoms with Gasteiger partial charge in [-0.3, -0.25) is 10.1 Å². The van der Waals surface area contributed by atoms with E-state index in [1.54, 1.807) is 12.1 Å². The van der Waals surface area contributed by atoms with Gasteiger partial charge in [0.25, 0.3) is 5.69 Å². The molecule has 0 aliphatic heterocycles. The Morgan fingerprint density at radius 1 is 0.742 bits per heavy atom. The second kappa shape index (κ2) is 9.25. The third-order valence-electron chi connectivity index (χ3n) is 5.20. The molecule has 0 aromatic heterocycles. The van der Waals surface area contributed by atoms with Gasteiger partial charge in [0.15, 0.2) is 0 Å². The Morgan fingerprint density at radius 3 is 1.61 bits per heavy atom. The molecule has 4 rings (SSSR count). The summed E-state index contributed by atoms with van der Waals surface area (Å²) in [5, 5.41) is 11.4. The zero-order valence-corrected chi connectivity index (χ0v) is 18.2. The number of hydrogen-bond acceptors (Lipinski definition) is 3. The minimum absolute atomic E-state index is 0.0193. The van der Waals surface area contributed by atoms with Gasteiger partial charge in [-0.2, -0.15) is 0 Å². The van der Waals surface area contributed by atoms with Crippen LogP contribution in [0.4, 0.5) is 5.69 Å². The molecule has 4 nitrogen and oxygen atoms in total. The lowest BCUT2D eigenvalue weighted by molar-refractivity contribution is -0.385. The number of ether oxygens (including phenoxy) is 1. The fourth-order valence-electron chi connectivity index (χ4n) is 3.75. The molecular formula is C26H20BrNO3. The van der Waals surface area contributed by atoms with Crippen LogP contribution in [0, 0.1) is 10.1 Å². The molecule has 4 aromatic rings. The highest BCUT2D eigenvalue weighted by Crippen LogP contribution is 2.41. The monoisotopic (exact) mass is 473 g/mol. The minimum atomic E-state index is -0.869. The van der Waals surface area contributed by atoms with Gasteiger partial charge in [0.2, 0.25) is 0 Å². The Morgan fingerprint density at radius 2 is 1.19 bits per heavy atom. The van der Waals surface area contributed by atoms with Crippen LogP contribution in [0.25, 0.3) is 0 Å². The molecule has 0 saturated heterocycles. The third kappa shape index (κ3) is 4.29. The van der Waals surface area contributed by atoms with Gasteiger partial charge in [-0.05, 0) is 44.3 Å². The van der Waals surface area contributed by atoms with Crippen LogP contribution in [-0.4, -0.2) is 4.92 Å². The van der Waals surface area contributed by atoms with E-state index in [2.05, 4.69) is 15.9 Å². The molecule has 0 radical (unpaired) electrons. The Balaban J connectivity index is 1.85. The molecule has 31 heavy (non-hydrogen) atoms. The predicted octanol–water partition coefficient (Wildman–Crippen LogP) is 6.87. The van der Waals surface area contributed by atoms with Gasteiger partial charge in [0.05, 0.1) is 16.0 Å². The summed E-state index contributed by atoms with van der Waals surface area (Å²) in [5.41, 5.74) is 2.83. The summed E-state index contributed by atoms with van der Waals surface area (Å²) in [5.74, 6) is 0. The van der Waals surface area contributed by atoms with Crippen molar-refractivity contribution in [2.45, 2.75) is 12.2 Å². The summed E-state index contributed by atoms with van der Waals surface area (Å²) in [7, 11) is 0. The van der Waals surface area contributed by atoms with E-state index in [4.69, 9.17) is 4.74 Å². The predicted molar refractivity (Wildman–Crippen MR) is 125 cm³/mol. The smallest absolute Gasteiger partial charge is 0.283 e. The lowest BCUT2D eigenvalue weighted by atomic mass is 9.80. The van der Waals surface area contributed by atoms with Crippen molar-refractivity contribution in [3.8, 4) is 0 Å². The lowest BCUT2D eigenvalue weighted by Crippen LogP contribution is -2.32. The minimum Gasteiger partial charge on any atom is -0.356 e. The summed E-state index contributed by atoms with van der Waals surface area (Å²) in [6.07, 6.45) is 0. The standard InChI is InChI=1S/C26H20BrNO3/c27-24-17-16-20(18-25(24)28(29)30)19-31-26(21-10-4-1-5-11-21,22-12-6-2-7-13-22)23-14-8-3-9-15-23/h1-18H,19H2. The number of rotatable bonds is 7. The normalized spacial score (nSPS) is 11.3. The molecule has 0 spiro atoms. The first-order chi connectivity index (χ1) is 15.1. The molecule has 0 heterocycles. The maximum atomic E-state index is 11.4. The van der Waals surface area contributed by atoms with E-state index in [-0.39, 0.29) is 12.3 Å². The van der Waals surface area contributed by atoms with Gasteiger partial charge in [-0.15, -0.1) is 0 Å². The molecule has 0 aliphatic carbocycles. The third-order valence-corrected chi connectivity index (χ3v) is 5.87. The van der Waals surface area contributed by atoms with Crippen LogP contribution in [0.5, 0.6) is 0 Å². The van der Waals surface area contributed by atoms with Crippen molar-refractivity contribution in [1.82, 2.24) is 0 Å². The van der Waals surface area contributed by atoms with Crippen LogP contribution in [0.15, 0.2) is 114 Å². The van der Waals surface area contributed by atoms with Crippen molar-refractivity contribution < 1.29 is 9.66 Å². The van der Waals surface area contributed by atoms with Crippen molar-refractivity contribution in [2.24, 2.45) is 0 Å². The average Bonchev–Trinajstić information content (AvgIpc) is 2.82. The van der Waals surface area contributed by atoms with E-state index >= 15 is 0 Å². The van der Waals surface area contributed by atoms with Gasteiger partial charge in [-0.25, -0.2) is 0 Å². The van der Waals surface area contributed by atoms with E-state index in [9.17, 15) is 10.1 Å². The SMILES string of the molecule is O=[N+]([O-])c1cc(COC(c2ccccc2)(c2ccccc2)c2ccccc2)ccc1Br. The van der Waals surface area contributed by atoms with Crippen molar-refractivity contribution in [2.75, 3.05) is 0 Å². The van der Waals surface area contributed by atoms with Crippen molar-refractivity contribution in [3.05, 3.63) is 146 Å². The average molecular weight is 474 g/mol. The number of nitro groups is 1. The second-order valence-electron chi connectivity index (χ2n) is 7.11. The fraction of sp³-hybridized carbons (Fsp3) is 0.0769. The van der Waals surface area contributed by atoms with Crippen LogP contribution in [0.3, 0.4) is 0 Å². The number of benzene rings is 4. The van der Waals surface area contributed by atoms with Crippen molar-refractivity contribution in [3.63, 3.8) is 0 Å². The van der Waals surface area contributed by atoms with Crippen molar-refractivity contribution >= 4 is 21.6 Å². The first-order valence-corrected chi connectivity index (χ1v) is 10.6. The van der Waals surface area contributed by atoms with Crippen LogP contribution in [0.2, 0.25) is 0 Å². The molecule has 0 aliphatic rings. The molecule has 0 bridgehead atoms. The highest BCUT2D eigenvalue weighted by molar-refractivity contribution is 9.10. The largest absolute Gasteiger partial charge is 0.356 e. The molecule has 0 amide bonds. The Kier molecular flexibility index (Phi) is 6.26. The van der Waals surface area contributed by atoms with Gasteiger partial charge >= 0.3 is 0 Å². The zero-order chi connectivity index (χ0) is 21.7. The molecule has 0 unspecified atom stereocenters. The molecule has 0 fully saturated rings. The van der Waals surface area contributed by atoms with Gasteiger partial charge < -0.3 is 4.74 Å². The lowest BCUT2D eigenvalue weighted by Gasteiger charge is -2.36. The molecule has 0 N–H and O–H groups in total. The van der Waals surface area contributed by atoms with E-state index in [1.807, 2.05) is 97.1 Å². The van der Waals surface area contributed by atoms with Crippen LogP contribution in [0.1, 0.15) is 22.3 Å². The summed E-state index contributed by atoms with van der Waals surface area (Å²) >= 11 is 3.25. The van der Waals surface area contributed by atoms with E-state index in [0.717, 1.165) is 22.3 Å². The molecule has 5 heteroatoms. The highest BCUT2D eigenvalue weighted by atomic mass is 79.9. The van der Waals surface area contributed by atoms with E-state index in [1.165, 1.54) is 0 Å². The summed E-state index contributed by atoms with van der Waals surface area (Å²) in [6, 6.07) is 35.2. The van der Waals surface area contributed by atoms with Crippen molar-refractivity contribution in [1.29, 1.82) is 0 Å². The van der Waals surface area contributed by atoms with Crippen LogP contribution >= 0.6 is 15.9 Å². The summed E-state index contributed by atoms with van der Waals surface area (Å²) in [6.45, 7) is 0.201. The van der Waals surface area contributed by atoms with E-state index in [0.29, 0.717) is 4.47 Å². The summed E-state index contributed by atoms with van der Waals surface area (Å²) in [4.78, 5) is 11.0. The Bertz CT molecular complexity index is 1070. The highest BCUT2D eigenvalue weighted by Gasteiger charge is 2.37. The van der Waals surface area contributed by atoms with E-state index < -0.39 is 10.5 Å². The zero-order valence-electron chi connectivity index (χ0n) is 16.6. The molecule has 0 saturated carbocycles. The molecule has 154 valence electrons.